The predicted molar refractivity (Wildman–Crippen MR) is 54.1 cm³/mol. The fraction of sp³-hybridized carbons (Fsp3) is 0.889. The predicted octanol–water partition coefficient (Wildman–Crippen LogP) is 1.86. The SMILES string of the molecule is O=C(NCCCl)NC1CCCCC1. The van der Waals surface area contributed by atoms with E-state index >= 15 is 0 Å². The maximum Gasteiger partial charge on any atom is 0.315 e. The van der Waals surface area contributed by atoms with Gasteiger partial charge in [-0.15, -0.1) is 11.6 Å². The second-order valence-corrected chi connectivity index (χ2v) is 3.80. The van der Waals surface area contributed by atoms with Crippen LogP contribution in [0.25, 0.3) is 0 Å². The van der Waals surface area contributed by atoms with Crippen LogP contribution in [0.2, 0.25) is 0 Å². The van der Waals surface area contributed by atoms with Gasteiger partial charge in [0.1, 0.15) is 0 Å². The molecule has 76 valence electrons. The van der Waals surface area contributed by atoms with Gasteiger partial charge in [0.25, 0.3) is 0 Å². The summed E-state index contributed by atoms with van der Waals surface area (Å²) in [5.41, 5.74) is 0. The molecule has 0 bridgehead atoms. The van der Waals surface area contributed by atoms with Crippen molar-refractivity contribution in [2.75, 3.05) is 12.4 Å². The summed E-state index contributed by atoms with van der Waals surface area (Å²) in [4.78, 5) is 11.2. The Bertz CT molecular complexity index is 158. The van der Waals surface area contributed by atoms with E-state index in [-0.39, 0.29) is 6.03 Å². The van der Waals surface area contributed by atoms with Crippen molar-refractivity contribution in [2.45, 2.75) is 38.1 Å². The van der Waals surface area contributed by atoms with Gasteiger partial charge in [-0.2, -0.15) is 0 Å². The first kappa shape index (κ1) is 10.6. The molecule has 0 radical (unpaired) electrons. The van der Waals surface area contributed by atoms with E-state index in [1.54, 1.807) is 0 Å². The minimum Gasteiger partial charge on any atom is -0.337 e. The highest BCUT2D eigenvalue weighted by Gasteiger charge is 2.14. The van der Waals surface area contributed by atoms with Gasteiger partial charge < -0.3 is 10.6 Å². The van der Waals surface area contributed by atoms with Gasteiger partial charge >= 0.3 is 6.03 Å². The second kappa shape index (κ2) is 6.08. The van der Waals surface area contributed by atoms with Crippen LogP contribution in [0.1, 0.15) is 32.1 Å². The summed E-state index contributed by atoms with van der Waals surface area (Å²) in [6.45, 7) is 0.542. The summed E-state index contributed by atoms with van der Waals surface area (Å²) in [5.74, 6) is 0.470. The number of urea groups is 1. The Balaban J connectivity index is 2.11. The maximum atomic E-state index is 11.2. The van der Waals surface area contributed by atoms with Crippen LogP contribution in [-0.4, -0.2) is 24.5 Å². The van der Waals surface area contributed by atoms with Crippen molar-refractivity contribution in [1.82, 2.24) is 10.6 Å². The Kier molecular flexibility index (Phi) is 4.98. The number of hydrogen-bond acceptors (Lipinski definition) is 1. The molecule has 0 aromatic carbocycles. The average molecular weight is 205 g/mol. The molecule has 3 nitrogen and oxygen atoms in total. The standard InChI is InChI=1S/C9H17ClN2O/c10-6-7-11-9(13)12-8-4-2-1-3-5-8/h8H,1-7H2,(H2,11,12,13). The average Bonchev–Trinajstić information content (AvgIpc) is 2.16. The Morgan fingerprint density at radius 2 is 2.00 bits per heavy atom. The molecule has 2 amide bonds. The zero-order valence-corrected chi connectivity index (χ0v) is 8.57. The number of carbonyl (C=O) groups is 1. The van der Waals surface area contributed by atoms with Gasteiger partial charge in [0.15, 0.2) is 0 Å². The van der Waals surface area contributed by atoms with Gasteiger partial charge in [-0.05, 0) is 12.8 Å². The zero-order chi connectivity index (χ0) is 9.52. The minimum absolute atomic E-state index is 0.0763. The number of amides is 2. The lowest BCUT2D eigenvalue weighted by atomic mass is 9.96. The molecule has 0 heterocycles. The quantitative estimate of drug-likeness (QED) is 0.677. The molecule has 1 rings (SSSR count). The molecule has 0 aromatic heterocycles. The number of nitrogens with one attached hydrogen (secondary N) is 2. The van der Waals surface area contributed by atoms with E-state index < -0.39 is 0 Å². The number of hydrogen-bond donors (Lipinski definition) is 2. The molecule has 0 spiro atoms. The van der Waals surface area contributed by atoms with E-state index in [1.807, 2.05) is 0 Å². The smallest absolute Gasteiger partial charge is 0.315 e. The van der Waals surface area contributed by atoms with E-state index in [2.05, 4.69) is 10.6 Å². The van der Waals surface area contributed by atoms with Crippen LogP contribution in [-0.2, 0) is 0 Å². The van der Waals surface area contributed by atoms with E-state index in [0.717, 1.165) is 12.8 Å². The fourth-order valence-electron chi connectivity index (χ4n) is 1.64. The highest BCUT2D eigenvalue weighted by Crippen LogP contribution is 2.16. The maximum absolute atomic E-state index is 11.2. The first-order valence-electron chi connectivity index (χ1n) is 4.93. The van der Waals surface area contributed by atoms with Crippen molar-refractivity contribution < 1.29 is 4.79 Å². The van der Waals surface area contributed by atoms with Gasteiger partial charge in [0, 0.05) is 18.5 Å². The molecule has 0 atom stereocenters. The third kappa shape index (κ3) is 4.36. The molecule has 2 N–H and O–H groups in total. The van der Waals surface area contributed by atoms with Gasteiger partial charge in [-0.1, -0.05) is 19.3 Å². The van der Waals surface area contributed by atoms with Gasteiger partial charge in [0.05, 0.1) is 0 Å². The van der Waals surface area contributed by atoms with Crippen molar-refractivity contribution in [1.29, 1.82) is 0 Å². The topological polar surface area (TPSA) is 41.1 Å². The summed E-state index contributed by atoms with van der Waals surface area (Å²) < 4.78 is 0. The molecule has 0 saturated heterocycles. The first-order chi connectivity index (χ1) is 6.33. The van der Waals surface area contributed by atoms with Crippen LogP contribution in [0.15, 0.2) is 0 Å². The first-order valence-corrected chi connectivity index (χ1v) is 5.46. The third-order valence-corrected chi connectivity index (χ3v) is 2.51. The minimum atomic E-state index is -0.0763. The number of rotatable bonds is 3. The molecule has 13 heavy (non-hydrogen) atoms. The summed E-state index contributed by atoms with van der Waals surface area (Å²) in [6.07, 6.45) is 6.02. The Morgan fingerprint density at radius 3 is 2.62 bits per heavy atom. The van der Waals surface area contributed by atoms with E-state index in [9.17, 15) is 4.79 Å². The highest BCUT2D eigenvalue weighted by atomic mass is 35.5. The number of alkyl halides is 1. The summed E-state index contributed by atoms with van der Waals surface area (Å²) in [7, 11) is 0. The molecule has 1 saturated carbocycles. The van der Waals surface area contributed by atoms with Crippen LogP contribution in [0, 0.1) is 0 Å². The van der Waals surface area contributed by atoms with Crippen LogP contribution in [0.3, 0.4) is 0 Å². The number of halogens is 1. The van der Waals surface area contributed by atoms with Crippen LogP contribution in [0.5, 0.6) is 0 Å². The summed E-state index contributed by atoms with van der Waals surface area (Å²) in [6, 6.07) is 0.302. The molecule has 4 heteroatoms. The Morgan fingerprint density at radius 1 is 1.31 bits per heavy atom. The number of carbonyl (C=O) groups excluding carboxylic acids is 1. The van der Waals surface area contributed by atoms with Crippen molar-refractivity contribution in [3.63, 3.8) is 0 Å². The van der Waals surface area contributed by atoms with Gasteiger partial charge in [-0.3, -0.25) is 0 Å². The molecule has 1 aliphatic carbocycles. The molecule has 0 aliphatic heterocycles. The van der Waals surface area contributed by atoms with Crippen molar-refractivity contribution in [3.05, 3.63) is 0 Å². The molecule has 1 aliphatic rings. The zero-order valence-electron chi connectivity index (χ0n) is 7.81. The molecule has 0 unspecified atom stereocenters. The molecular weight excluding hydrogens is 188 g/mol. The fourth-order valence-corrected chi connectivity index (χ4v) is 1.74. The van der Waals surface area contributed by atoms with E-state index in [0.29, 0.717) is 18.5 Å². The lowest BCUT2D eigenvalue weighted by molar-refractivity contribution is 0.233. The monoisotopic (exact) mass is 204 g/mol. The summed E-state index contributed by atoms with van der Waals surface area (Å²) in [5, 5.41) is 5.64. The largest absolute Gasteiger partial charge is 0.337 e. The Labute approximate surface area is 84.2 Å². The van der Waals surface area contributed by atoms with Crippen LogP contribution < -0.4 is 10.6 Å². The van der Waals surface area contributed by atoms with Gasteiger partial charge in [0.2, 0.25) is 0 Å². The van der Waals surface area contributed by atoms with Crippen LogP contribution >= 0.6 is 11.6 Å². The third-order valence-electron chi connectivity index (χ3n) is 2.32. The lowest BCUT2D eigenvalue weighted by Crippen LogP contribution is -2.43. The molecular formula is C9H17ClN2O. The van der Waals surface area contributed by atoms with Crippen molar-refractivity contribution >= 4 is 17.6 Å². The van der Waals surface area contributed by atoms with Crippen molar-refractivity contribution in [3.8, 4) is 0 Å². The molecule has 0 aromatic rings. The van der Waals surface area contributed by atoms with Gasteiger partial charge in [-0.25, -0.2) is 4.79 Å². The summed E-state index contributed by atoms with van der Waals surface area (Å²) >= 11 is 5.45. The van der Waals surface area contributed by atoms with E-state index in [4.69, 9.17) is 11.6 Å². The van der Waals surface area contributed by atoms with E-state index in [1.165, 1.54) is 19.3 Å². The van der Waals surface area contributed by atoms with Crippen molar-refractivity contribution in [2.24, 2.45) is 0 Å². The molecule has 1 fully saturated rings. The lowest BCUT2D eigenvalue weighted by Gasteiger charge is -2.22. The highest BCUT2D eigenvalue weighted by molar-refractivity contribution is 6.18. The van der Waals surface area contributed by atoms with Crippen LogP contribution in [0.4, 0.5) is 4.79 Å². The second-order valence-electron chi connectivity index (χ2n) is 3.42. The normalized spacial score (nSPS) is 18.2. The Hall–Kier alpha value is -0.440.